The van der Waals surface area contributed by atoms with E-state index < -0.39 is 50.5 Å². The SMILES string of the molecule is CC(Cl)(Cl)C(C(=O)Nc1ccc(Cl)c(C(=O)Nc2ccc(F)cc2F)c1)c1ccc(Cl)c(C(F)(F)F)c1. The summed E-state index contributed by atoms with van der Waals surface area (Å²) in [4.78, 5) is 25.8. The van der Waals surface area contributed by atoms with Crippen molar-refractivity contribution >= 4 is 69.6 Å². The first-order chi connectivity index (χ1) is 17.1. The predicted molar refractivity (Wildman–Crippen MR) is 134 cm³/mol. The van der Waals surface area contributed by atoms with E-state index in [0.717, 1.165) is 24.3 Å². The van der Waals surface area contributed by atoms with Gasteiger partial charge in [0, 0.05) is 11.8 Å². The lowest BCUT2D eigenvalue weighted by atomic mass is 9.93. The van der Waals surface area contributed by atoms with E-state index in [0.29, 0.717) is 12.1 Å². The molecule has 3 aromatic rings. The van der Waals surface area contributed by atoms with Gasteiger partial charge in [-0.25, -0.2) is 8.78 Å². The van der Waals surface area contributed by atoms with Crippen LogP contribution in [0, 0.1) is 11.6 Å². The standard InChI is InChI=1S/C24H15Cl4F5N2O2/c1-23(27,28)20(11-2-5-17(26)15(8-11)24(31,32)33)22(37)34-13-4-6-16(25)14(10-13)21(36)35-19-7-3-12(29)9-18(19)30/h2-10,20H,1H3,(H,34,37)(H,35,36). The van der Waals surface area contributed by atoms with Crippen molar-refractivity contribution in [2.24, 2.45) is 0 Å². The molecule has 37 heavy (non-hydrogen) atoms. The van der Waals surface area contributed by atoms with E-state index in [1.165, 1.54) is 25.1 Å². The molecule has 0 bridgehead atoms. The fourth-order valence-electron chi connectivity index (χ4n) is 3.39. The lowest BCUT2D eigenvalue weighted by Gasteiger charge is -2.27. The van der Waals surface area contributed by atoms with Crippen LogP contribution in [0.25, 0.3) is 0 Å². The summed E-state index contributed by atoms with van der Waals surface area (Å²) in [5.74, 6) is -5.16. The number of hydrogen-bond donors (Lipinski definition) is 2. The average Bonchev–Trinajstić information content (AvgIpc) is 2.76. The second-order valence-corrected chi connectivity index (χ2v) is 10.5. The van der Waals surface area contributed by atoms with Crippen molar-refractivity contribution in [2.75, 3.05) is 10.6 Å². The maximum Gasteiger partial charge on any atom is 0.417 e. The van der Waals surface area contributed by atoms with Gasteiger partial charge in [-0.1, -0.05) is 29.3 Å². The first kappa shape index (κ1) is 29.0. The van der Waals surface area contributed by atoms with E-state index in [-0.39, 0.29) is 27.5 Å². The Morgan fingerprint density at radius 1 is 0.865 bits per heavy atom. The molecule has 0 radical (unpaired) electrons. The fourth-order valence-corrected chi connectivity index (χ4v) is 4.26. The summed E-state index contributed by atoms with van der Waals surface area (Å²) in [6, 6.07) is 9.07. The first-order valence-electron chi connectivity index (χ1n) is 10.2. The quantitative estimate of drug-likeness (QED) is 0.221. The monoisotopic (exact) mass is 598 g/mol. The van der Waals surface area contributed by atoms with Crippen LogP contribution in [0.3, 0.4) is 0 Å². The zero-order valence-electron chi connectivity index (χ0n) is 18.5. The molecule has 0 saturated heterocycles. The van der Waals surface area contributed by atoms with Gasteiger partial charge in [0.2, 0.25) is 5.91 Å². The molecule has 1 atom stereocenters. The Hall–Kier alpha value is -2.59. The number of alkyl halides is 5. The number of nitrogens with one attached hydrogen (secondary N) is 2. The minimum atomic E-state index is -4.80. The van der Waals surface area contributed by atoms with E-state index in [9.17, 15) is 31.5 Å². The highest BCUT2D eigenvalue weighted by Gasteiger charge is 2.40. The molecule has 0 aromatic heterocycles. The second-order valence-electron chi connectivity index (χ2n) is 7.89. The molecule has 3 rings (SSSR count). The minimum Gasteiger partial charge on any atom is -0.325 e. The third-order valence-electron chi connectivity index (χ3n) is 5.06. The highest BCUT2D eigenvalue weighted by Crippen LogP contribution is 2.42. The van der Waals surface area contributed by atoms with Gasteiger partial charge >= 0.3 is 6.18 Å². The molecule has 0 aliphatic rings. The van der Waals surface area contributed by atoms with E-state index in [4.69, 9.17) is 46.4 Å². The molecule has 2 amide bonds. The van der Waals surface area contributed by atoms with Gasteiger partial charge in [-0.3, -0.25) is 9.59 Å². The van der Waals surface area contributed by atoms with E-state index in [2.05, 4.69) is 10.6 Å². The highest BCUT2D eigenvalue weighted by molar-refractivity contribution is 6.50. The summed E-state index contributed by atoms with van der Waals surface area (Å²) in [7, 11) is 0. The van der Waals surface area contributed by atoms with Crippen molar-refractivity contribution in [1.29, 1.82) is 0 Å². The van der Waals surface area contributed by atoms with Crippen LogP contribution in [-0.2, 0) is 11.0 Å². The number of benzene rings is 3. The third-order valence-corrected chi connectivity index (χ3v) is 6.15. The predicted octanol–water partition coefficient (Wildman–Crippen LogP) is 8.46. The van der Waals surface area contributed by atoms with Gasteiger partial charge < -0.3 is 10.6 Å². The van der Waals surface area contributed by atoms with Gasteiger partial charge in [0.25, 0.3) is 5.91 Å². The van der Waals surface area contributed by atoms with E-state index >= 15 is 0 Å². The van der Waals surface area contributed by atoms with Crippen LogP contribution in [-0.4, -0.2) is 16.1 Å². The molecular weight excluding hydrogens is 585 g/mol. The minimum absolute atomic E-state index is 0.00622. The number of carbonyl (C=O) groups is 2. The van der Waals surface area contributed by atoms with E-state index in [1.54, 1.807) is 0 Å². The highest BCUT2D eigenvalue weighted by atomic mass is 35.5. The maximum atomic E-state index is 13.9. The summed E-state index contributed by atoms with van der Waals surface area (Å²) >= 11 is 24.1. The molecule has 0 saturated carbocycles. The Kier molecular flexibility index (Phi) is 8.64. The topological polar surface area (TPSA) is 58.2 Å². The first-order valence-corrected chi connectivity index (χ1v) is 11.7. The molecule has 4 nitrogen and oxygen atoms in total. The molecule has 13 heteroatoms. The normalized spacial score (nSPS) is 12.7. The van der Waals surface area contributed by atoms with Crippen LogP contribution in [0.4, 0.5) is 33.3 Å². The van der Waals surface area contributed by atoms with Crippen LogP contribution >= 0.6 is 46.4 Å². The Morgan fingerprint density at radius 2 is 1.51 bits per heavy atom. The van der Waals surface area contributed by atoms with Crippen LogP contribution in [0.5, 0.6) is 0 Å². The zero-order chi connectivity index (χ0) is 27.7. The van der Waals surface area contributed by atoms with Gasteiger partial charge in [0.05, 0.1) is 32.8 Å². The van der Waals surface area contributed by atoms with Gasteiger partial charge in [0.1, 0.15) is 16.0 Å². The van der Waals surface area contributed by atoms with Crippen molar-refractivity contribution in [2.45, 2.75) is 23.4 Å². The smallest absolute Gasteiger partial charge is 0.325 e. The fraction of sp³-hybridized carbons (Fsp3) is 0.167. The van der Waals surface area contributed by atoms with Gasteiger partial charge in [-0.15, -0.1) is 23.2 Å². The summed E-state index contributed by atoms with van der Waals surface area (Å²) in [6.45, 7) is 1.22. The largest absolute Gasteiger partial charge is 0.417 e. The molecule has 3 aromatic carbocycles. The summed E-state index contributed by atoms with van der Waals surface area (Å²) < 4.78 is 65.2. The molecule has 0 spiro atoms. The molecule has 2 N–H and O–H groups in total. The Labute approximate surface area is 227 Å². The van der Waals surface area contributed by atoms with Gasteiger partial charge in [0.15, 0.2) is 0 Å². The lowest BCUT2D eigenvalue weighted by molar-refractivity contribution is -0.137. The van der Waals surface area contributed by atoms with Crippen molar-refractivity contribution in [3.05, 3.63) is 93.0 Å². The molecule has 1 unspecified atom stereocenters. The summed E-state index contributed by atoms with van der Waals surface area (Å²) in [6.07, 6.45) is -4.80. The molecule has 0 aliphatic heterocycles. The Morgan fingerprint density at radius 3 is 2.11 bits per heavy atom. The summed E-state index contributed by atoms with van der Waals surface area (Å²) in [5.41, 5.74) is -1.85. The van der Waals surface area contributed by atoms with Gasteiger partial charge in [-0.05, 0) is 55.0 Å². The summed E-state index contributed by atoms with van der Waals surface area (Å²) in [5, 5.41) is 4.03. The zero-order valence-corrected chi connectivity index (χ0v) is 21.5. The number of anilines is 2. The number of amides is 2. The number of halogens is 9. The average molecular weight is 600 g/mol. The number of carbonyl (C=O) groups excluding carboxylic acids is 2. The number of rotatable bonds is 6. The lowest BCUT2D eigenvalue weighted by Crippen LogP contribution is -2.32. The van der Waals surface area contributed by atoms with Crippen molar-refractivity contribution < 1.29 is 31.5 Å². The van der Waals surface area contributed by atoms with Crippen LogP contribution in [0.2, 0.25) is 10.0 Å². The van der Waals surface area contributed by atoms with Crippen molar-refractivity contribution in [3.8, 4) is 0 Å². The van der Waals surface area contributed by atoms with Crippen molar-refractivity contribution in [3.63, 3.8) is 0 Å². The Bertz CT molecular complexity index is 1360. The van der Waals surface area contributed by atoms with E-state index in [1.807, 2.05) is 0 Å². The molecule has 0 aliphatic carbocycles. The van der Waals surface area contributed by atoms with Crippen molar-refractivity contribution in [1.82, 2.24) is 0 Å². The maximum absolute atomic E-state index is 13.9. The second kappa shape index (κ2) is 11.0. The van der Waals surface area contributed by atoms with Crippen LogP contribution < -0.4 is 10.6 Å². The van der Waals surface area contributed by atoms with Crippen LogP contribution in [0.15, 0.2) is 54.6 Å². The molecule has 0 fully saturated rings. The van der Waals surface area contributed by atoms with Gasteiger partial charge in [-0.2, -0.15) is 13.2 Å². The van der Waals surface area contributed by atoms with Crippen LogP contribution in [0.1, 0.15) is 34.3 Å². The third kappa shape index (κ3) is 7.04. The molecule has 0 heterocycles. The molecule has 196 valence electrons. The molecular formula is C24H15Cl4F5N2O2. The Balaban J connectivity index is 1.91. The number of hydrogen-bond acceptors (Lipinski definition) is 2.